The molecular weight excluding hydrogens is 462 g/mol. The lowest BCUT2D eigenvalue weighted by atomic mass is 10.1. The van der Waals surface area contributed by atoms with E-state index < -0.39 is 11.3 Å². The zero-order valence-corrected chi connectivity index (χ0v) is 19.7. The Kier molecular flexibility index (Phi) is 5.89. The van der Waals surface area contributed by atoms with Gasteiger partial charge in [0.1, 0.15) is 5.84 Å². The van der Waals surface area contributed by atoms with Crippen LogP contribution < -0.4 is 15.4 Å². The van der Waals surface area contributed by atoms with E-state index in [4.69, 9.17) is 16.1 Å². The number of aromatic nitrogens is 3. The summed E-state index contributed by atoms with van der Waals surface area (Å²) in [6.45, 7) is 0.542. The van der Waals surface area contributed by atoms with E-state index in [0.29, 0.717) is 34.9 Å². The van der Waals surface area contributed by atoms with Crippen molar-refractivity contribution in [2.45, 2.75) is 6.54 Å². The highest BCUT2D eigenvalue weighted by Gasteiger charge is 2.18. The van der Waals surface area contributed by atoms with Crippen molar-refractivity contribution in [2.24, 2.45) is 12.8 Å². The third kappa shape index (κ3) is 4.44. The second-order valence-electron chi connectivity index (χ2n) is 8.04. The van der Waals surface area contributed by atoms with Gasteiger partial charge < -0.3 is 15.6 Å². The van der Waals surface area contributed by atoms with Crippen LogP contribution >= 0.6 is 0 Å². The fourth-order valence-electron chi connectivity index (χ4n) is 3.97. The number of imidazole rings is 1. The lowest BCUT2D eigenvalue weighted by molar-refractivity contribution is 0.564. The summed E-state index contributed by atoms with van der Waals surface area (Å²) in [5, 5.41) is 11.7. The molecule has 1 atom stereocenters. The molecule has 5 rings (SSSR count). The van der Waals surface area contributed by atoms with E-state index in [1.165, 1.54) is 4.31 Å². The Labute approximate surface area is 204 Å². The van der Waals surface area contributed by atoms with Gasteiger partial charge in [-0.05, 0) is 48.0 Å². The number of pyridine rings is 1. The van der Waals surface area contributed by atoms with E-state index in [1.54, 1.807) is 24.4 Å². The first kappa shape index (κ1) is 22.5. The molecule has 0 fully saturated rings. The molecule has 0 amide bonds. The minimum Gasteiger partial charge on any atom is -0.384 e. The van der Waals surface area contributed by atoms with Crippen LogP contribution in [0.3, 0.4) is 0 Å². The maximum absolute atomic E-state index is 12.3. The second-order valence-corrected chi connectivity index (χ2v) is 8.86. The van der Waals surface area contributed by atoms with Gasteiger partial charge in [-0.2, -0.15) is 0 Å². The number of nitrogen functional groups attached to an aromatic ring is 1. The molecule has 1 unspecified atom stereocenters. The topological polar surface area (TPSA) is 133 Å². The van der Waals surface area contributed by atoms with Crippen molar-refractivity contribution in [1.29, 1.82) is 5.41 Å². The number of nitrogens with zero attached hydrogens (tertiary/aromatic N) is 4. The fourth-order valence-corrected chi connectivity index (χ4v) is 4.56. The molecule has 10 heteroatoms. The minimum atomic E-state index is -2.28. The highest BCUT2D eigenvalue weighted by molar-refractivity contribution is 7.81. The number of rotatable bonds is 7. The Bertz CT molecular complexity index is 1580. The van der Waals surface area contributed by atoms with Crippen LogP contribution in [0.25, 0.3) is 21.9 Å². The smallest absolute Gasteiger partial charge is 0.266 e. The second kappa shape index (κ2) is 9.16. The average Bonchev–Trinajstić information content (AvgIpc) is 3.17. The van der Waals surface area contributed by atoms with Crippen LogP contribution in [-0.4, -0.2) is 29.1 Å². The fraction of sp³-hybridized carbons (Fsp3) is 0.0800. The minimum absolute atomic E-state index is 0.0360. The van der Waals surface area contributed by atoms with Crippen molar-refractivity contribution >= 4 is 56.4 Å². The van der Waals surface area contributed by atoms with E-state index in [9.17, 15) is 8.76 Å². The first-order valence-corrected chi connectivity index (χ1v) is 11.9. The Balaban J connectivity index is 1.44. The van der Waals surface area contributed by atoms with E-state index in [2.05, 4.69) is 10.3 Å². The summed E-state index contributed by atoms with van der Waals surface area (Å²) in [7, 11) is 1.91. The van der Waals surface area contributed by atoms with Crippen LogP contribution in [0.2, 0.25) is 0 Å². The van der Waals surface area contributed by atoms with Gasteiger partial charge >= 0.3 is 0 Å². The zero-order valence-electron chi connectivity index (χ0n) is 18.8. The van der Waals surface area contributed by atoms with Crippen LogP contribution in [0.5, 0.6) is 0 Å². The number of anilines is 3. The summed E-state index contributed by atoms with van der Waals surface area (Å²) in [5.41, 5.74) is 10.7. The predicted molar refractivity (Wildman–Crippen MR) is 140 cm³/mol. The van der Waals surface area contributed by atoms with Gasteiger partial charge in [0.25, 0.3) is 11.3 Å². The molecule has 0 saturated carbocycles. The summed E-state index contributed by atoms with van der Waals surface area (Å²) in [5.74, 6) is 0.704. The van der Waals surface area contributed by atoms with Crippen LogP contribution in [0.4, 0.5) is 17.3 Å². The number of amidine groups is 1. The Hall–Kier alpha value is -4.28. The number of aryl methyl sites for hydroxylation is 1. The zero-order chi connectivity index (χ0) is 24.5. The third-order valence-electron chi connectivity index (χ3n) is 5.79. The highest BCUT2D eigenvalue weighted by Crippen LogP contribution is 2.32. The maximum Gasteiger partial charge on any atom is 0.266 e. The predicted octanol–water partition coefficient (Wildman–Crippen LogP) is 4.29. The lowest BCUT2D eigenvalue weighted by Crippen LogP contribution is -2.19. The summed E-state index contributed by atoms with van der Waals surface area (Å²) in [4.78, 5) is 9.01. The molecular formula is C25H23N7O2S. The van der Waals surface area contributed by atoms with Crippen molar-refractivity contribution in [2.75, 3.05) is 9.62 Å². The van der Waals surface area contributed by atoms with Crippen molar-refractivity contribution in [3.63, 3.8) is 0 Å². The first-order chi connectivity index (χ1) is 16.9. The van der Waals surface area contributed by atoms with Gasteiger partial charge in [-0.1, -0.05) is 30.3 Å². The molecule has 0 bridgehead atoms. The largest absolute Gasteiger partial charge is 0.384 e. The Morgan fingerprint density at radius 3 is 2.57 bits per heavy atom. The van der Waals surface area contributed by atoms with Crippen LogP contribution in [0, 0.1) is 5.41 Å². The van der Waals surface area contributed by atoms with Gasteiger partial charge in [-0.25, -0.2) is 13.5 Å². The molecule has 0 saturated heterocycles. The number of benzene rings is 3. The molecule has 0 spiro atoms. The van der Waals surface area contributed by atoms with Crippen LogP contribution in [0.15, 0.2) is 79.0 Å². The molecule has 3 aromatic carbocycles. The molecule has 2 aromatic heterocycles. The average molecular weight is 486 g/mol. The van der Waals surface area contributed by atoms with E-state index in [-0.39, 0.29) is 5.84 Å². The van der Waals surface area contributed by atoms with Crippen molar-refractivity contribution < 1.29 is 8.76 Å². The quantitative estimate of drug-likeness (QED) is 0.154. The van der Waals surface area contributed by atoms with Crippen LogP contribution in [-0.2, 0) is 24.9 Å². The van der Waals surface area contributed by atoms with Gasteiger partial charge in [-0.3, -0.25) is 14.9 Å². The monoisotopic (exact) mass is 485 g/mol. The van der Waals surface area contributed by atoms with E-state index >= 15 is 0 Å². The Morgan fingerprint density at radius 2 is 1.83 bits per heavy atom. The maximum atomic E-state index is 12.3. The number of nitrogens with two attached hydrogens (primary N) is 1. The molecule has 0 aliphatic heterocycles. The van der Waals surface area contributed by atoms with Gasteiger partial charge in [0.2, 0.25) is 5.95 Å². The summed E-state index contributed by atoms with van der Waals surface area (Å²) in [6.07, 6.45) is 1.71. The highest BCUT2D eigenvalue weighted by atomic mass is 32.2. The molecule has 176 valence electrons. The molecule has 0 aliphatic carbocycles. The molecule has 2 heterocycles. The van der Waals surface area contributed by atoms with Crippen LogP contribution in [0.1, 0.15) is 11.1 Å². The lowest BCUT2D eigenvalue weighted by Gasteiger charge is -2.20. The van der Waals surface area contributed by atoms with Crippen molar-refractivity contribution in [3.05, 3.63) is 90.1 Å². The normalized spacial score (nSPS) is 12.1. The number of hydrogen-bond acceptors (Lipinski definition) is 5. The standard InChI is InChI=1S/C25H23N7O2S/c1-31-23-11-9-20(32(35(33)34)19-8-10-21-18(13-19)3-2-12-28-21)14-22(23)30-25(31)29-15-16-4-6-17(7-5-16)24(26)27/h2-14H,15H2,1H3,(H3,26,27)(H,29,30)(H,33,34). The molecule has 0 radical (unpaired) electrons. The van der Waals surface area contributed by atoms with Crippen molar-refractivity contribution in [1.82, 2.24) is 14.5 Å². The first-order valence-electron chi connectivity index (χ1n) is 10.8. The number of nitrogens with one attached hydrogen (secondary N) is 2. The third-order valence-corrected chi connectivity index (χ3v) is 6.53. The summed E-state index contributed by atoms with van der Waals surface area (Å²) >= 11 is -2.28. The molecule has 9 nitrogen and oxygen atoms in total. The van der Waals surface area contributed by atoms with E-state index in [1.807, 2.05) is 66.2 Å². The Morgan fingerprint density at radius 1 is 1.09 bits per heavy atom. The molecule has 0 aliphatic rings. The van der Waals surface area contributed by atoms with Gasteiger partial charge in [0.15, 0.2) is 0 Å². The van der Waals surface area contributed by atoms with Gasteiger partial charge in [-0.15, -0.1) is 0 Å². The summed E-state index contributed by atoms with van der Waals surface area (Å²) < 4.78 is 25.7. The molecule has 5 aromatic rings. The van der Waals surface area contributed by atoms with E-state index in [0.717, 1.165) is 22.0 Å². The molecule has 5 N–H and O–H groups in total. The molecule has 35 heavy (non-hydrogen) atoms. The van der Waals surface area contributed by atoms with Gasteiger partial charge in [0.05, 0.1) is 27.9 Å². The number of fused-ring (bicyclic) bond motifs is 2. The van der Waals surface area contributed by atoms with Crippen molar-refractivity contribution in [3.8, 4) is 0 Å². The number of hydrogen-bond donors (Lipinski definition) is 4. The SMILES string of the molecule is Cn1c(NCc2ccc(C(=N)N)cc2)nc2cc(N(c3ccc4ncccc4c3)S(=O)O)ccc21. The summed E-state index contributed by atoms with van der Waals surface area (Å²) in [6, 6.07) is 22.1. The van der Waals surface area contributed by atoms with Gasteiger partial charge in [0, 0.05) is 30.7 Å².